The molecule has 1 aromatic rings. The highest BCUT2D eigenvalue weighted by Gasteiger charge is 2.36. The van der Waals surface area contributed by atoms with Crippen molar-refractivity contribution in [1.29, 1.82) is 0 Å². The maximum atomic E-state index is 12.1. The second kappa shape index (κ2) is 7.43. The number of ketones is 1. The summed E-state index contributed by atoms with van der Waals surface area (Å²) in [4.78, 5) is 23.8. The lowest BCUT2D eigenvalue weighted by atomic mass is 9.73. The SMILES string of the molecule is COC(=O)C(C)C1CC(Cc2ccc(OC)cc2)CCC1=O. The van der Waals surface area contributed by atoms with Crippen LogP contribution in [0.5, 0.6) is 5.75 Å². The van der Waals surface area contributed by atoms with Crippen molar-refractivity contribution in [2.45, 2.75) is 32.6 Å². The Morgan fingerprint density at radius 3 is 2.55 bits per heavy atom. The second-order valence-corrected chi connectivity index (χ2v) is 6.08. The lowest BCUT2D eigenvalue weighted by Gasteiger charge is -2.30. The Balaban J connectivity index is 2.00. The zero-order valence-electron chi connectivity index (χ0n) is 13.5. The van der Waals surface area contributed by atoms with Crippen LogP contribution in [-0.4, -0.2) is 26.0 Å². The van der Waals surface area contributed by atoms with Gasteiger partial charge in [0.2, 0.25) is 0 Å². The minimum atomic E-state index is -0.351. The molecular weight excluding hydrogens is 280 g/mol. The van der Waals surface area contributed by atoms with Crippen molar-refractivity contribution in [3.05, 3.63) is 29.8 Å². The van der Waals surface area contributed by atoms with Gasteiger partial charge in [0, 0.05) is 12.3 Å². The monoisotopic (exact) mass is 304 g/mol. The lowest BCUT2D eigenvalue weighted by molar-refractivity contribution is -0.150. The van der Waals surface area contributed by atoms with Crippen LogP contribution >= 0.6 is 0 Å². The maximum Gasteiger partial charge on any atom is 0.309 e. The van der Waals surface area contributed by atoms with Crippen LogP contribution in [0, 0.1) is 17.8 Å². The molecule has 0 bridgehead atoms. The van der Waals surface area contributed by atoms with Gasteiger partial charge in [0.05, 0.1) is 20.1 Å². The molecule has 120 valence electrons. The summed E-state index contributed by atoms with van der Waals surface area (Å²) < 4.78 is 9.95. The maximum absolute atomic E-state index is 12.1. The standard InChI is InChI=1S/C18H24O4/c1-12(18(20)22-3)16-11-14(6-9-17(16)19)10-13-4-7-15(21-2)8-5-13/h4-5,7-8,12,14,16H,6,9-11H2,1-3H3. The molecule has 22 heavy (non-hydrogen) atoms. The molecule has 0 aromatic heterocycles. The van der Waals surface area contributed by atoms with E-state index in [0.29, 0.717) is 12.3 Å². The van der Waals surface area contributed by atoms with Crippen molar-refractivity contribution in [2.75, 3.05) is 14.2 Å². The van der Waals surface area contributed by atoms with Crippen molar-refractivity contribution in [1.82, 2.24) is 0 Å². The molecule has 0 aliphatic heterocycles. The molecule has 0 saturated heterocycles. The molecule has 0 radical (unpaired) electrons. The van der Waals surface area contributed by atoms with Crippen molar-refractivity contribution in [3.8, 4) is 5.75 Å². The predicted octanol–water partition coefficient (Wildman–Crippen LogP) is 3.03. The van der Waals surface area contributed by atoms with E-state index >= 15 is 0 Å². The van der Waals surface area contributed by atoms with Gasteiger partial charge >= 0.3 is 5.97 Å². The van der Waals surface area contributed by atoms with E-state index in [1.54, 1.807) is 14.0 Å². The number of carbonyl (C=O) groups excluding carboxylic acids is 2. The fourth-order valence-electron chi connectivity index (χ4n) is 3.25. The Hall–Kier alpha value is -1.84. The third-order valence-corrected chi connectivity index (χ3v) is 4.66. The van der Waals surface area contributed by atoms with Crippen molar-refractivity contribution in [2.24, 2.45) is 17.8 Å². The van der Waals surface area contributed by atoms with Gasteiger partial charge in [-0.25, -0.2) is 0 Å². The number of methoxy groups -OCH3 is 2. The minimum Gasteiger partial charge on any atom is -0.497 e. The van der Waals surface area contributed by atoms with Crippen LogP contribution in [0.3, 0.4) is 0 Å². The van der Waals surface area contributed by atoms with E-state index < -0.39 is 0 Å². The minimum absolute atomic E-state index is 0.198. The molecule has 4 heteroatoms. The van der Waals surface area contributed by atoms with E-state index in [-0.39, 0.29) is 23.6 Å². The number of hydrogen-bond acceptors (Lipinski definition) is 4. The fourth-order valence-corrected chi connectivity index (χ4v) is 3.25. The highest BCUT2D eigenvalue weighted by molar-refractivity contribution is 5.87. The van der Waals surface area contributed by atoms with E-state index in [2.05, 4.69) is 12.1 Å². The smallest absolute Gasteiger partial charge is 0.309 e. The second-order valence-electron chi connectivity index (χ2n) is 6.08. The summed E-state index contributed by atoms with van der Waals surface area (Å²) >= 11 is 0. The van der Waals surface area contributed by atoms with Gasteiger partial charge in [-0.3, -0.25) is 9.59 Å². The Morgan fingerprint density at radius 2 is 1.95 bits per heavy atom. The van der Waals surface area contributed by atoms with E-state index in [0.717, 1.165) is 25.0 Å². The van der Waals surface area contributed by atoms with Gasteiger partial charge in [0.25, 0.3) is 0 Å². The van der Waals surface area contributed by atoms with E-state index in [1.165, 1.54) is 12.7 Å². The third kappa shape index (κ3) is 3.87. The van der Waals surface area contributed by atoms with Crippen LogP contribution < -0.4 is 4.74 Å². The van der Waals surface area contributed by atoms with Crippen LogP contribution in [0.4, 0.5) is 0 Å². The first-order chi connectivity index (χ1) is 10.5. The first kappa shape index (κ1) is 16.5. The number of ether oxygens (including phenoxy) is 2. The summed E-state index contributed by atoms with van der Waals surface area (Å²) in [7, 11) is 3.03. The molecule has 1 aliphatic carbocycles. The van der Waals surface area contributed by atoms with Crippen LogP contribution in [0.25, 0.3) is 0 Å². The molecule has 3 atom stereocenters. The van der Waals surface area contributed by atoms with E-state index in [9.17, 15) is 9.59 Å². The van der Waals surface area contributed by atoms with Crippen LogP contribution in [-0.2, 0) is 20.7 Å². The molecule has 3 unspecified atom stereocenters. The van der Waals surface area contributed by atoms with Crippen LogP contribution in [0.1, 0.15) is 31.7 Å². The number of rotatable bonds is 5. The molecule has 0 spiro atoms. The molecule has 0 amide bonds. The summed E-state index contributed by atoms with van der Waals surface area (Å²) in [6.45, 7) is 1.80. The van der Waals surface area contributed by atoms with Crippen LogP contribution in [0.15, 0.2) is 24.3 Å². The van der Waals surface area contributed by atoms with E-state index in [4.69, 9.17) is 9.47 Å². The van der Waals surface area contributed by atoms with Crippen LogP contribution in [0.2, 0.25) is 0 Å². The number of hydrogen-bond donors (Lipinski definition) is 0. The number of esters is 1. The van der Waals surface area contributed by atoms with Gasteiger partial charge in [-0.05, 0) is 42.9 Å². The molecule has 0 heterocycles. The van der Waals surface area contributed by atoms with E-state index in [1.807, 2.05) is 12.1 Å². The molecule has 2 rings (SSSR count). The Bertz CT molecular complexity index is 520. The first-order valence-electron chi connectivity index (χ1n) is 7.78. The van der Waals surface area contributed by atoms with Gasteiger partial charge in [-0.15, -0.1) is 0 Å². The predicted molar refractivity (Wildman–Crippen MR) is 83.7 cm³/mol. The summed E-state index contributed by atoms with van der Waals surface area (Å²) in [6.07, 6.45) is 3.16. The highest BCUT2D eigenvalue weighted by atomic mass is 16.5. The van der Waals surface area contributed by atoms with Gasteiger partial charge in [-0.1, -0.05) is 19.1 Å². The third-order valence-electron chi connectivity index (χ3n) is 4.66. The number of carbonyl (C=O) groups is 2. The number of benzene rings is 1. The van der Waals surface area contributed by atoms with Gasteiger partial charge < -0.3 is 9.47 Å². The summed E-state index contributed by atoms with van der Waals surface area (Å²) in [5.41, 5.74) is 1.24. The molecule has 1 saturated carbocycles. The summed E-state index contributed by atoms with van der Waals surface area (Å²) in [6, 6.07) is 8.04. The van der Waals surface area contributed by atoms with Crippen molar-refractivity contribution >= 4 is 11.8 Å². The Kier molecular flexibility index (Phi) is 5.58. The average molecular weight is 304 g/mol. The summed E-state index contributed by atoms with van der Waals surface area (Å²) in [5.74, 6) is 0.635. The average Bonchev–Trinajstić information content (AvgIpc) is 2.56. The Morgan fingerprint density at radius 1 is 1.27 bits per heavy atom. The van der Waals surface area contributed by atoms with Gasteiger partial charge in [0.15, 0.2) is 0 Å². The fraction of sp³-hybridized carbons (Fsp3) is 0.556. The highest BCUT2D eigenvalue weighted by Crippen LogP contribution is 2.34. The summed E-state index contributed by atoms with van der Waals surface area (Å²) in [5, 5.41) is 0. The normalized spacial score (nSPS) is 23.0. The molecule has 1 aliphatic rings. The first-order valence-corrected chi connectivity index (χ1v) is 7.78. The molecular formula is C18H24O4. The molecule has 1 aromatic carbocycles. The van der Waals surface area contributed by atoms with Crippen molar-refractivity contribution in [3.63, 3.8) is 0 Å². The largest absolute Gasteiger partial charge is 0.497 e. The zero-order valence-corrected chi connectivity index (χ0v) is 13.5. The quantitative estimate of drug-likeness (QED) is 0.785. The van der Waals surface area contributed by atoms with Gasteiger partial charge in [-0.2, -0.15) is 0 Å². The number of Topliss-reactive ketones (excluding diaryl/α,β-unsaturated/α-hetero) is 1. The Labute approximate surface area is 131 Å². The molecule has 4 nitrogen and oxygen atoms in total. The van der Waals surface area contributed by atoms with Gasteiger partial charge in [0.1, 0.15) is 11.5 Å². The molecule has 0 N–H and O–H groups in total. The topological polar surface area (TPSA) is 52.6 Å². The van der Waals surface area contributed by atoms with Crippen molar-refractivity contribution < 1.29 is 19.1 Å². The zero-order chi connectivity index (χ0) is 16.1. The lowest BCUT2D eigenvalue weighted by Crippen LogP contribution is -2.34. The molecule has 1 fully saturated rings.